The average molecular weight is 715 g/mol. The quantitative estimate of drug-likeness (QED) is 0.102. The van der Waals surface area contributed by atoms with E-state index >= 15 is 0 Å². The normalized spacial score (nSPS) is 8.84. The number of rotatable bonds is 0. The van der Waals surface area contributed by atoms with E-state index < -0.39 is 50.9 Å². The van der Waals surface area contributed by atoms with Crippen molar-refractivity contribution in [2.24, 2.45) is 0 Å². The van der Waals surface area contributed by atoms with Crippen LogP contribution in [0.2, 0.25) is 0 Å². The van der Waals surface area contributed by atoms with Gasteiger partial charge in [0, 0.05) is 0 Å². The maximum absolute atomic E-state index is 8.88. The zero-order valence-corrected chi connectivity index (χ0v) is 16.9. The second-order valence-electron chi connectivity index (χ2n) is 1.43. The van der Waals surface area contributed by atoms with Gasteiger partial charge in [-0.25, -0.2) is 9.13 Å². The van der Waals surface area contributed by atoms with Crippen LogP contribution < -0.4 is 7.52 Å². The van der Waals surface area contributed by atoms with Crippen molar-refractivity contribution in [3.8, 4) is 0 Å². The molecule has 0 amide bonds. The van der Waals surface area contributed by atoms with E-state index in [1.54, 1.807) is 0 Å². The zero-order valence-electron chi connectivity index (χ0n) is 8.04. The maximum atomic E-state index is 8.88. The Morgan fingerprint density at radius 2 is 0.632 bits per heavy atom. The van der Waals surface area contributed by atoms with Crippen LogP contribution in [0, 0.1) is 0 Å². The van der Waals surface area contributed by atoms with Crippen molar-refractivity contribution in [3.05, 3.63) is 0 Å². The first-order valence-corrected chi connectivity index (χ1v) is 12.9. The third-order valence-electron chi connectivity index (χ3n) is 0. The molecule has 0 aromatic carbocycles. The molecule has 0 atom stereocenters. The molecule has 0 heterocycles. The molecule has 1 radical (unpaired) electrons. The van der Waals surface area contributed by atoms with E-state index in [-0.39, 0.29) is 17.1 Å². The molecule has 0 fully saturated rings. The monoisotopic (exact) mass is 715 g/mol. The molecule has 0 aromatic heterocycles. The molecule has 0 aliphatic rings. The van der Waals surface area contributed by atoms with Crippen LogP contribution >= 0.6 is 15.6 Å². The average Bonchev–Trinajstić information content (AvgIpc) is 1.70. The van der Waals surface area contributed by atoms with Crippen molar-refractivity contribution in [3.63, 3.8) is 0 Å². The Balaban J connectivity index is -0.0000000453. The van der Waals surface area contributed by atoms with Gasteiger partial charge < -0.3 is 29.4 Å². The molecule has 0 aromatic rings. The van der Waals surface area contributed by atoms with Crippen LogP contribution in [0.25, 0.3) is 0 Å². The third-order valence-corrected chi connectivity index (χ3v) is 0. The Bertz CT molecular complexity index is 333. The summed E-state index contributed by atoms with van der Waals surface area (Å²) in [4.78, 5) is 43.1. The van der Waals surface area contributed by atoms with Gasteiger partial charge in [-0.2, -0.15) is 0 Å². The predicted molar refractivity (Wildman–Crippen MR) is 31.3 cm³/mol. The van der Waals surface area contributed by atoms with E-state index in [4.69, 9.17) is 59.6 Å². The van der Waals surface area contributed by atoms with E-state index in [1.165, 1.54) is 0 Å². The molecule has 0 saturated carbocycles. The Hall–Kier alpha value is 1.24. The second-order valence-corrected chi connectivity index (χ2v) is 6.42. The summed E-state index contributed by atoms with van der Waals surface area (Å²) in [5.74, 6) is 0. The van der Waals surface area contributed by atoms with E-state index in [1.807, 2.05) is 0 Å². The first kappa shape index (κ1) is 32.3. The second kappa shape index (κ2) is 17.3. The van der Waals surface area contributed by atoms with E-state index in [0.29, 0.717) is 0 Å². The van der Waals surface area contributed by atoms with E-state index in [2.05, 4.69) is 0 Å². The van der Waals surface area contributed by atoms with Crippen LogP contribution in [-0.4, -0.2) is 29.4 Å². The van der Waals surface area contributed by atoms with Crippen molar-refractivity contribution in [1.29, 1.82) is 0 Å². The Kier molecular flexibility index (Phi) is 29.3. The molecule has 0 aliphatic carbocycles. The van der Waals surface area contributed by atoms with Crippen molar-refractivity contribution in [1.82, 2.24) is 0 Å². The van der Waals surface area contributed by atoms with Crippen LogP contribution in [0.5, 0.6) is 0 Å². The van der Waals surface area contributed by atoms with Crippen molar-refractivity contribution in [2.45, 2.75) is 0 Å². The minimum absolute atomic E-state index is 0. The van der Waals surface area contributed by atoms with Crippen LogP contribution in [-0.2, 0) is 75.0 Å². The molecule has 0 saturated heterocycles. The van der Waals surface area contributed by atoms with Gasteiger partial charge in [0.05, 0.1) is 0 Å². The van der Waals surface area contributed by atoms with Crippen molar-refractivity contribution < 1.29 is 112 Å². The fraction of sp³-hybridized carbons (Fsp3) is 0. The van der Waals surface area contributed by atoms with E-state index in [0.717, 1.165) is 0 Å². The van der Waals surface area contributed by atoms with Gasteiger partial charge in [0.15, 0.2) is 0 Å². The first-order chi connectivity index (χ1) is 7.46. The van der Waals surface area contributed by atoms with Crippen LogP contribution in [0.4, 0.5) is 0 Å². The molecule has 6 N–H and O–H groups in total. The number of phosphoric acid groups is 2. The Morgan fingerprint density at radius 1 is 0.632 bits per heavy atom. The molecule has 19 heavy (non-hydrogen) atoms. The molecule has 0 rings (SSSR count). The van der Waals surface area contributed by atoms with Gasteiger partial charge in [-0.1, -0.05) is 0 Å². The molecular weight excluding hydrogens is 709 g/mol. The fourth-order valence-corrected chi connectivity index (χ4v) is 0. The van der Waals surface area contributed by atoms with E-state index in [9.17, 15) is 0 Å². The van der Waals surface area contributed by atoms with Gasteiger partial charge in [-0.3, -0.25) is 0 Å². The summed E-state index contributed by atoms with van der Waals surface area (Å²) in [6.07, 6.45) is 0. The van der Waals surface area contributed by atoms with Crippen LogP contribution in [0.1, 0.15) is 0 Å². The minimum atomic E-state index is -4.64. The standard InChI is InChI=1S/Mn.2H3O4P.6O.2W/c;2*1-5(2,3)4;;;;;;;;/h;2*(H3,1,2,3,4);;;;;;;;/q+2;;;;;;;2*-1;;. The summed E-state index contributed by atoms with van der Waals surface area (Å²) in [5.41, 5.74) is 0. The molecule has 0 spiro atoms. The third kappa shape index (κ3) is 3740. The predicted octanol–water partition coefficient (Wildman–Crippen LogP) is -4.72. The SMILES string of the molecule is O=P(O)(O)O.O=P(O)(O)O.[Mn+2].[O]=[W](=[O])[O-].[O]=[W](=[O])[O-]. The summed E-state index contributed by atoms with van der Waals surface area (Å²) in [5, 5.41) is 0. The summed E-state index contributed by atoms with van der Waals surface area (Å²) < 4.78 is 69.4. The van der Waals surface area contributed by atoms with Gasteiger partial charge in [0.25, 0.3) is 0 Å². The van der Waals surface area contributed by atoms with Gasteiger partial charge in [0.2, 0.25) is 0 Å². The summed E-state index contributed by atoms with van der Waals surface area (Å²) >= 11 is -8.56. The number of hydrogen-bond acceptors (Lipinski definition) is 8. The van der Waals surface area contributed by atoms with Crippen LogP contribution in [0.15, 0.2) is 0 Å². The Morgan fingerprint density at radius 3 is 0.632 bits per heavy atom. The summed E-state index contributed by atoms with van der Waals surface area (Å²) in [7, 11) is -9.28. The molecule has 19 heteroatoms. The fourth-order valence-electron chi connectivity index (χ4n) is 0. The number of hydrogen-bond donors (Lipinski definition) is 6. The topological polar surface area (TPSA) is 270 Å². The molecule has 14 nitrogen and oxygen atoms in total. The van der Waals surface area contributed by atoms with Crippen molar-refractivity contribution >= 4 is 15.6 Å². The summed E-state index contributed by atoms with van der Waals surface area (Å²) in [6.45, 7) is 0. The zero-order chi connectivity index (χ0) is 16.2. The summed E-state index contributed by atoms with van der Waals surface area (Å²) in [6, 6.07) is 0. The molecular formula is H6MnO14P2W2. The van der Waals surface area contributed by atoms with Gasteiger partial charge >= 0.3 is 89.1 Å². The molecule has 0 unspecified atom stereocenters. The molecule has 119 valence electrons. The molecule has 0 aliphatic heterocycles. The van der Waals surface area contributed by atoms with Gasteiger partial charge in [0.1, 0.15) is 0 Å². The first-order valence-electron chi connectivity index (χ1n) is 2.57. The Labute approximate surface area is 127 Å². The van der Waals surface area contributed by atoms with Gasteiger partial charge in [-0.15, -0.1) is 0 Å². The van der Waals surface area contributed by atoms with Gasteiger partial charge in [-0.05, 0) is 0 Å². The van der Waals surface area contributed by atoms with Crippen LogP contribution in [0.3, 0.4) is 0 Å². The van der Waals surface area contributed by atoms with Crippen molar-refractivity contribution in [2.75, 3.05) is 0 Å². The molecule has 0 bridgehead atoms.